The molecule has 1 atom stereocenters. The Kier molecular flexibility index (Phi) is 10.3. The number of rotatable bonds is 8. The maximum absolute atomic E-state index is 12.3. The van der Waals surface area contributed by atoms with Crippen LogP contribution in [0.1, 0.15) is 33.2 Å². The van der Waals surface area contributed by atoms with Gasteiger partial charge in [-0.3, -0.25) is 15.0 Å². The van der Waals surface area contributed by atoms with E-state index in [1.807, 2.05) is 6.92 Å². The zero-order valence-electron chi connectivity index (χ0n) is 19.2. The van der Waals surface area contributed by atoms with Gasteiger partial charge in [0.25, 0.3) is 5.91 Å². The number of thioether (sulfide) groups is 1. The van der Waals surface area contributed by atoms with E-state index >= 15 is 0 Å². The molecule has 2 aromatic rings. The summed E-state index contributed by atoms with van der Waals surface area (Å²) in [6.07, 6.45) is 0. The quantitative estimate of drug-likeness (QED) is 0.219. The minimum absolute atomic E-state index is 0.104. The average molecular weight is 503 g/mol. The van der Waals surface area contributed by atoms with Crippen molar-refractivity contribution in [1.82, 2.24) is 14.9 Å². The minimum atomic E-state index is -1.39. The Labute approximate surface area is 205 Å². The SMILES string of the molecule is COC(=O)c1ccc(/C(C)=C/SC(=N)NC(=O)CNC(=O)c2cccc([S+]([O-])N(C)C)c2)cc1. The highest BCUT2D eigenvalue weighted by atomic mass is 32.2. The van der Waals surface area contributed by atoms with Crippen molar-refractivity contribution >= 4 is 51.6 Å². The summed E-state index contributed by atoms with van der Waals surface area (Å²) in [6, 6.07) is 13.2. The van der Waals surface area contributed by atoms with E-state index in [2.05, 4.69) is 15.4 Å². The van der Waals surface area contributed by atoms with Gasteiger partial charge < -0.3 is 19.9 Å². The van der Waals surface area contributed by atoms with Gasteiger partial charge in [-0.1, -0.05) is 30.0 Å². The Morgan fingerprint density at radius 3 is 2.38 bits per heavy atom. The van der Waals surface area contributed by atoms with Gasteiger partial charge in [0, 0.05) is 25.7 Å². The third-order valence-corrected chi connectivity index (χ3v) is 6.54. The summed E-state index contributed by atoms with van der Waals surface area (Å²) in [7, 11) is 4.64. The van der Waals surface area contributed by atoms with Crippen LogP contribution in [0.15, 0.2) is 58.8 Å². The molecule has 0 radical (unpaired) electrons. The minimum Gasteiger partial charge on any atom is -0.593 e. The second kappa shape index (κ2) is 12.9. The molecule has 0 bridgehead atoms. The lowest BCUT2D eigenvalue weighted by molar-refractivity contribution is -0.118. The summed E-state index contributed by atoms with van der Waals surface area (Å²) in [5.41, 5.74) is 2.40. The molecule has 0 aliphatic heterocycles. The lowest BCUT2D eigenvalue weighted by Crippen LogP contribution is -2.38. The van der Waals surface area contributed by atoms with E-state index < -0.39 is 29.1 Å². The van der Waals surface area contributed by atoms with E-state index in [0.717, 1.165) is 22.9 Å². The van der Waals surface area contributed by atoms with Gasteiger partial charge in [0.1, 0.15) is 0 Å². The number of amides is 2. The number of amidine groups is 1. The number of methoxy groups -OCH3 is 1. The number of nitrogens with zero attached hydrogens (tertiary/aromatic N) is 1. The highest BCUT2D eigenvalue weighted by Gasteiger charge is 2.17. The van der Waals surface area contributed by atoms with Crippen LogP contribution in [0.2, 0.25) is 0 Å². The van der Waals surface area contributed by atoms with Crippen LogP contribution in [-0.4, -0.2) is 59.6 Å². The van der Waals surface area contributed by atoms with Crippen molar-refractivity contribution in [1.29, 1.82) is 5.41 Å². The third-order valence-electron chi connectivity index (χ3n) is 4.41. The number of hydrogen-bond donors (Lipinski definition) is 3. The fraction of sp³-hybridized carbons (Fsp3) is 0.217. The number of ether oxygens (including phenoxy) is 1. The van der Waals surface area contributed by atoms with Gasteiger partial charge in [0.05, 0.1) is 30.6 Å². The standard InChI is InChI=1S/C23H26N4O5S2/c1-15(16-8-10-17(11-9-16)22(30)32-4)14-33-23(24)26-20(28)13-25-21(29)18-6-5-7-19(12-18)34(31)27(2)3/h5-12,14H,13H2,1-4H3,(H,25,29)(H2,24,26,28)/b15-14+. The molecule has 1 unspecified atom stereocenters. The second-order valence-electron chi connectivity index (χ2n) is 7.14. The van der Waals surface area contributed by atoms with Crippen LogP contribution in [0.4, 0.5) is 0 Å². The molecule has 0 saturated carbocycles. The first-order chi connectivity index (χ1) is 16.1. The van der Waals surface area contributed by atoms with Gasteiger partial charge in [-0.2, -0.15) is 0 Å². The van der Waals surface area contributed by atoms with Crippen molar-refractivity contribution in [2.24, 2.45) is 0 Å². The number of esters is 1. The number of nitrogens with one attached hydrogen (secondary N) is 3. The number of carbonyl (C=O) groups excluding carboxylic acids is 3. The Bertz CT molecular complexity index is 1090. The van der Waals surface area contributed by atoms with E-state index in [4.69, 9.17) is 5.41 Å². The summed E-state index contributed by atoms with van der Waals surface area (Å²) in [4.78, 5) is 36.4. The molecule has 2 amide bonds. The van der Waals surface area contributed by atoms with E-state index in [1.165, 1.54) is 17.5 Å². The lowest BCUT2D eigenvalue weighted by atomic mass is 10.1. The lowest BCUT2D eigenvalue weighted by Gasteiger charge is -2.15. The fourth-order valence-corrected chi connectivity index (χ4v) is 4.07. The number of benzene rings is 2. The number of carbonyl (C=O) groups is 3. The van der Waals surface area contributed by atoms with Gasteiger partial charge in [-0.05, 0) is 47.7 Å². The van der Waals surface area contributed by atoms with Crippen molar-refractivity contribution in [3.8, 4) is 0 Å². The molecule has 0 saturated heterocycles. The molecule has 9 nitrogen and oxygen atoms in total. The summed E-state index contributed by atoms with van der Waals surface area (Å²) >= 11 is -0.382. The topological polar surface area (TPSA) is 135 Å². The number of allylic oxidation sites excluding steroid dienone is 1. The predicted octanol–water partition coefficient (Wildman–Crippen LogP) is 2.63. The van der Waals surface area contributed by atoms with Gasteiger partial charge in [0.2, 0.25) is 5.91 Å². The Hall–Kier alpha value is -3.12. The predicted molar refractivity (Wildman–Crippen MR) is 134 cm³/mol. The highest BCUT2D eigenvalue weighted by Crippen LogP contribution is 2.19. The van der Waals surface area contributed by atoms with Crippen molar-refractivity contribution in [2.75, 3.05) is 27.7 Å². The van der Waals surface area contributed by atoms with E-state index in [9.17, 15) is 18.9 Å². The smallest absolute Gasteiger partial charge is 0.337 e. The largest absolute Gasteiger partial charge is 0.593 e. The summed E-state index contributed by atoms with van der Waals surface area (Å²) in [5.74, 6) is -1.46. The molecule has 34 heavy (non-hydrogen) atoms. The normalized spacial score (nSPS) is 12.1. The molecular formula is C23H26N4O5S2. The molecular weight excluding hydrogens is 476 g/mol. The molecule has 0 aromatic heterocycles. The van der Waals surface area contributed by atoms with Crippen molar-refractivity contribution in [3.05, 3.63) is 70.6 Å². The molecule has 0 fully saturated rings. The van der Waals surface area contributed by atoms with Gasteiger partial charge in [-0.25, -0.2) is 4.79 Å². The Morgan fingerprint density at radius 1 is 1.12 bits per heavy atom. The van der Waals surface area contributed by atoms with E-state index in [1.54, 1.807) is 62.0 Å². The van der Waals surface area contributed by atoms with Crippen LogP contribution in [0, 0.1) is 5.41 Å². The van der Waals surface area contributed by atoms with Crippen LogP contribution >= 0.6 is 11.8 Å². The van der Waals surface area contributed by atoms with Crippen molar-refractivity contribution in [3.63, 3.8) is 0 Å². The van der Waals surface area contributed by atoms with Crippen molar-refractivity contribution < 1.29 is 23.7 Å². The Morgan fingerprint density at radius 2 is 1.76 bits per heavy atom. The van der Waals surface area contributed by atoms with Crippen molar-refractivity contribution in [2.45, 2.75) is 11.8 Å². The summed E-state index contributed by atoms with van der Waals surface area (Å²) in [6.45, 7) is 1.52. The summed E-state index contributed by atoms with van der Waals surface area (Å²) in [5, 5.41) is 14.4. The zero-order chi connectivity index (χ0) is 25.3. The maximum Gasteiger partial charge on any atom is 0.337 e. The first-order valence-electron chi connectivity index (χ1n) is 10.0. The number of hydrogen-bond acceptors (Lipinski definition) is 8. The molecule has 3 N–H and O–H groups in total. The Balaban J connectivity index is 1.85. The summed E-state index contributed by atoms with van der Waals surface area (Å²) < 4.78 is 18.3. The second-order valence-corrected chi connectivity index (χ2v) is 9.72. The maximum atomic E-state index is 12.3. The van der Waals surface area contributed by atoms with Crippen LogP contribution in [-0.2, 0) is 20.9 Å². The molecule has 0 heterocycles. The first kappa shape index (κ1) is 27.1. The average Bonchev–Trinajstić information content (AvgIpc) is 2.84. The van der Waals surface area contributed by atoms with Crippen LogP contribution in [0.25, 0.3) is 5.57 Å². The molecule has 2 aromatic carbocycles. The highest BCUT2D eigenvalue weighted by molar-refractivity contribution is 8.16. The van der Waals surface area contributed by atoms with Gasteiger partial charge in [-0.15, -0.1) is 4.31 Å². The molecule has 180 valence electrons. The molecule has 0 aliphatic carbocycles. The van der Waals surface area contributed by atoms with E-state index in [0.29, 0.717) is 10.5 Å². The van der Waals surface area contributed by atoms with E-state index in [-0.39, 0.29) is 17.3 Å². The first-order valence-corrected chi connectivity index (χ1v) is 12.0. The van der Waals surface area contributed by atoms with Gasteiger partial charge >= 0.3 is 5.97 Å². The van der Waals surface area contributed by atoms with Crippen LogP contribution < -0.4 is 10.6 Å². The van der Waals surface area contributed by atoms with Gasteiger partial charge in [0.15, 0.2) is 10.1 Å². The fourth-order valence-electron chi connectivity index (χ4n) is 2.62. The molecule has 11 heteroatoms. The molecule has 2 rings (SSSR count). The molecule has 0 aliphatic rings. The third kappa shape index (κ3) is 8.03. The monoisotopic (exact) mass is 502 g/mol. The van der Waals surface area contributed by atoms with Crippen LogP contribution in [0.3, 0.4) is 0 Å². The van der Waals surface area contributed by atoms with Crippen LogP contribution in [0.5, 0.6) is 0 Å². The zero-order valence-corrected chi connectivity index (χ0v) is 20.8. The molecule has 0 spiro atoms.